The van der Waals surface area contributed by atoms with Crippen LogP contribution in [0.15, 0.2) is 24.3 Å². The van der Waals surface area contributed by atoms with Crippen LogP contribution < -0.4 is 9.47 Å². The van der Waals surface area contributed by atoms with E-state index in [0.717, 1.165) is 11.3 Å². The number of ether oxygens (including phenoxy) is 2. The minimum absolute atomic E-state index is 0.0153. The van der Waals surface area contributed by atoms with Gasteiger partial charge in [0.05, 0.1) is 0 Å². The molecule has 0 atom stereocenters. The molecule has 72 valence electrons. The SMILES string of the molecule is CC(=O)/C=C/c1cccc2c1OCO2. The lowest BCUT2D eigenvalue weighted by molar-refractivity contribution is -0.112. The molecule has 0 aliphatic carbocycles. The maximum Gasteiger partial charge on any atom is 0.231 e. The van der Waals surface area contributed by atoms with Crippen LogP contribution in [-0.2, 0) is 4.79 Å². The van der Waals surface area contributed by atoms with Crippen LogP contribution in [0.1, 0.15) is 12.5 Å². The molecule has 0 N–H and O–H groups in total. The summed E-state index contributed by atoms with van der Waals surface area (Å²) in [6.07, 6.45) is 3.24. The van der Waals surface area contributed by atoms with Crippen molar-refractivity contribution in [2.45, 2.75) is 6.92 Å². The molecule has 0 bridgehead atoms. The number of carbonyl (C=O) groups excluding carboxylic acids is 1. The van der Waals surface area contributed by atoms with Crippen molar-refractivity contribution in [1.82, 2.24) is 0 Å². The maximum absolute atomic E-state index is 10.8. The third-order valence-corrected chi connectivity index (χ3v) is 1.92. The standard InChI is InChI=1S/C11H10O3/c1-8(12)5-6-9-3-2-4-10-11(9)14-7-13-10/h2-6H,7H2,1H3/b6-5+. The molecule has 0 amide bonds. The first-order valence-electron chi connectivity index (χ1n) is 4.34. The van der Waals surface area contributed by atoms with Gasteiger partial charge in [-0.3, -0.25) is 4.79 Å². The van der Waals surface area contributed by atoms with Gasteiger partial charge in [0.25, 0.3) is 0 Å². The zero-order valence-corrected chi connectivity index (χ0v) is 7.82. The molecule has 0 spiro atoms. The second kappa shape index (κ2) is 3.54. The molecular formula is C11H10O3. The zero-order chi connectivity index (χ0) is 9.97. The summed E-state index contributed by atoms with van der Waals surface area (Å²) in [7, 11) is 0. The normalized spacial score (nSPS) is 13.5. The molecule has 3 nitrogen and oxygen atoms in total. The van der Waals surface area contributed by atoms with E-state index in [4.69, 9.17) is 9.47 Å². The number of benzene rings is 1. The molecule has 14 heavy (non-hydrogen) atoms. The Morgan fingerprint density at radius 1 is 1.43 bits per heavy atom. The van der Waals surface area contributed by atoms with Gasteiger partial charge < -0.3 is 9.47 Å². The first-order chi connectivity index (χ1) is 6.77. The fraction of sp³-hybridized carbons (Fsp3) is 0.182. The Balaban J connectivity index is 2.35. The Bertz CT molecular complexity index is 394. The molecule has 3 heteroatoms. The first kappa shape index (κ1) is 8.81. The predicted octanol–water partition coefficient (Wildman–Crippen LogP) is 2.02. The van der Waals surface area contributed by atoms with Crippen molar-refractivity contribution in [3.63, 3.8) is 0 Å². The van der Waals surface area contributed by atoms with Gasteiger partial charge in [-0.2, -0.15) is 0 Å². The lowest BCUT2D eigenvalue weighted by atomic mass is 10.1. The zero-order valence-electron chi connectivity index (χ0n) is 7.82. The highest BCUT2D eigenvalue weighted by Gasteiger charge is 2.15. The second-order valence-corrected chi connectivity index (χ2v) is 3.03. The number of rotatable bonds is 2. The Kier molecular flexibility index (Phi) is 2.23. The van der Waals surface area contributed by atoms with Gasteiger partial charge in [0.2, 0.25) is 6.79 Å². The molecular weight excluding hydrogens is 180 g/mol. The van der Waals surface area contributed by atoms with Crippen molar-refractivity contribution in [2.75, 3.05) is 6.79 Å². The molecule has 1 aromatic rings. The molecule has 0 saturated heterocycles. The maximum atomic E-state index is 10.8. The van der Waals surface area contributed by atoms with E-state index in [1.165, 1.54) is 13.0 Å². The highest BCUT2D eigenvalue weighted by molar-refractivity contribution is 5.92. The number of allylic oxidation sites excluding steroid dienone is 1. The third kappa shape index (κ3) is 1.62. The smallest absolute Gasteiger partial charge is 0.231 e. The number of hydrogen-bond acceptors (Lipinski definition) is 3. The Morgan fingerprint density at radius 3 is 3.07 bits per heavy atom. The van der Waals surface area contributed by atoms with E-state index in [1.807, 2.05) is 18.2 Å². The van der Waals surface area contributed by atoms with Crippen LogP contribution in [0.2, 0.25) is 0 Å². The van der Waals surface area contributed by atoms with Gasteiger partial charge in [0.1, 0.15) is 0 Å². The largest absolute Gasteiger partial charge is 0.454 e. The summed E-state index contributed by atoms with van der Waals surface area (Å²) in [5.41, 5.74) is 0.871. The van der Waals surface area contributed by atoms with Crippen molar-refractivity contribution in [3.05, 3.63) is 29.8 Å². The summed E-state index contributed by atoms with van der Waals surface area (Å²) in [6, 6.07) is 5.59. The van der Waals surface area contributed by atoms with E-state index >= 15 is 0 Å². The van der Waals surface area contributed by atoms with Crippen LogP contribution >= 0.6 is 0 Å². The Labute approximate surface area is 81.9 Å². The molecule has 2 rings (SSSR count). The van der Waals surface area contributed by atoms with Crippen LogP contribution in [0, 0.1) is 0 Å². The molecule has 1 aliphatic rings. The van der Waals surface area contributed by atoms with Crippen LogP contribution in [0.3, 0.4) is 0 Å². The number of para-hydroxylation sites is 1. The fourth-order valence-corrected chi connectivity index (χ4v) is 1.29. The van der Waals surface area contributed by atoms with Crippen molar-refractivity contribution in [3.8, 4) is 11.5 Å². The average molecular weight is 190 g/mol. The quantitative estimate of drug-likeness (QED) is 0.669. The van der Waals surface area contributed by atoms with E-state index in [0.29, 0.717) is 5.75 Å². The molecule has 1 heterocycles. The topological polar surface area (TPSA) is 35.5 Å². The molecule has 1 aromatic carbocycles. The average Bonchev–Trinajstić information content (AvgIpc) is 2.62. The van der Waals surface area contributed by atoms with Crippen LogP contribution in [0.5, 0.6) is 11.5 Å². The van der Waals surface area contributed by atoms with Crippen molar-refractivity contribution in [2.24, 2.45) is 0 Å². The second-order valence-electron chi connectivity index (χ2n) is 3.03. The van der Waals surface area contributed by atoms with Gasteiger partial charge >= 0.3 is 0 Å². The van der Waals surface area contributed by atoms with E-state index in [1.54, 1.807) is 6.08 Å². The molecule has 0 aromatic heterocycles. The predicted molar refractivity (Wildman–Crippen MR) is 52.3 cm³/mol. The summed E-state index contributed by atoms with van der Waals surface area (Å²) in [6.45, 7) is 1.76. The highest BCUT2D eigenvalue weighted by Crippen LogP contribution is 2.35. The van der Waals surface area contributed by atoms with Gasteiger partial charge in [-0.05, 0) is 25.1 Å². The lowest BCUT2D eigenvalue weighted by Crippen LogP contribution is -1.93. The fourth-order valence-electron chi connectivity index (χ4n) is 1.29. The minimum atomic E-state index is 0.0153. The summed E-state index contributed by atoms with van der Waals surface area (Å²) in [5.74, 6) is 1.46. The number of carbonyl (C=O) groups is 1. The summed E-state index contributed by atoms with van der Waals surface area (Å²) in [5, 5.41) is 0. The molecule has 1 aliphatic heterocycles. The van der Waals surface area contributed by atoms with Crippen molar-refractivity contribution >= 4 is 11.9 Å². The van der Waals surface area contributed by atoms with Gasteiger partial charge in [0.15, 0.2) is 17.3 Å². The van der Waals surface area contributed by atoms with Crippen LogP contribution in [0.4, 0.5) is 0 Å². The van der Waals surface area contributed by atoms with E-state index in [2.05, 4.69) is 0 Å². The Morgan fingerprint density at radius 2 is 2.29 bits per heavy atom. The lowest BCUT2D eigenvalue weighted by Gasteiger charge is -1.99. The molecule has 0 fully saturated rings. The van der Waals surface area contributed by atoms with Gasteiger partial charge in [-0.25, -0.2) is 0 Å². The Hall–Kier alpha value is -1.77. The highest BCUT2D eigenvalue weighted by atomic mass is 16.7. The van der Waals surface area contributed by atoms with Gasteiger partial charge in [-0.1, -0.05) is 12.1 Å². The molecule has 0 unspecified atom stereocenters. The molecule has 0 saturated carbocycles. The summed E-state index contributed by atoms with van der Waals surface area (Å²) >= 11 is 0. The monoisotopic (exact) mass is 190 g/mol. The van der Waals surface area contributed by atoms with Crippen molar-refractivity contribution < 1.29 is 14.3 Å². The summed E-state index contributed by atoms with van der Waals surface area (Å²) < 4.78 is 10.5. The number of ketones is 1. The number of hydrogen-bond donors (Lipinski definition) is 0. The first-order valence-corrected chi connectivity index (χ1v) is 4.34. The molecule has 0 radical (unpaired) electrons. The van der Waals surface area contributed by atoms with Crippen LogP contribution in [-0.4, -0.2) is 12.6 Å². The van der Waals surface area contributed by atoms with Crippen molar-refractivity contribution in [1.29, 1.82) is 0 Å². The van der Waals surface area contributed by atoms with E-state index in [9.17, 15) is 4.79 Å². The van der Waals surface area contributed by atoms with Gasteiger partial charge in [0, 0.05) is 5.56 Å². The minimum Gasteiger partial charge on any atom is -0.454 e. The summed E-state index contributed by atoms with van der Waals surface area (Å²) in [4.78, 5) is 10.8. The van der Waals surface area contributed by atoms with E-state index < -0.39 is 0 Å². The number of fused-ring (bicyclic) bond motifs is 1. The van der Waals surface area contributed by atoms with Crippen LogP contribution in [0.25, 0.3) is 6.08 Å². The third-order valence-electron chi connectivity index (χ3n) is 1.92. The van der Waals surface area contributed by atoms with E-state index in [-0.39, 0.29) is 12.6 Å². The van der Waals surface area contributed by atoms with Gasteiger partial charge in [-0.15, -0.1) is 0 Å².